The van der Waals surface area contributed by atoms with Gasteiger partial charge in [-0.1, -0.05) is 76.3 Å². The number of benzene rings is 2. The number of hydrogen-bond acceptors (Lipinski definition) is 0. The first-order valence-corrected chi connectivity index (χ1v) is 17.1. The Bertz CT molecular complexity index is 886. The van der Waals surface area contributed by atoms with Crippen LogP contribution in [0.3, 0.4) is 0 Å². The summed E-state index contributed by atoms with van der Waals surface area (Å²) in [4.78, 5) is 0. The smallest absolute Gasteiger partial charge is 0.172 e. The predicted molar refractivity (Wildman–Crippen MR) is 135 cm³/mol. The van der Waals surface area contributed by atoms with Gasteiger partial charge in [0.25, 0.3) is 0 Å². The van der Waals surface area contributed by atoms with Crippen LogP contribution < -0.4 is 24.8 Å². The fraction of sp³-hybridized carbons (Fsp3) is 0.414. The monoisotopic (exact) mass is 574 g/mol. The second kappa shape index (κ2) is 14.8. The molecule has 0 unspecified atom stereocenters. The van der Waals surface area contributed by atoms with Crippen molar-refractivity contribution in [3.05, 3.63) is 89.0 Å². The summed E-state index contributed by atoms with van der Waals surface area (Å²) in [5.41, 5.74) is 8.76. The summed E-state index contributed by atoms with van der Waals surface area (Å²) in [6.45, 7) is 15.9. The third-order valence-electron chi connectivity index (χ3n) is 5.51. The standard InChI is InChI=1S/C21H25.C5H5.C3H8Si.2ClH.Zr/c1-20(2,3)16-9-7-14-11-15-8-10-17(21(4,5)6)13-19(15)18(14)12-16;1-2-4-5-3-1;1-2-3-4;;;/h7,9-10,12-13H,11H2,1-6H3;1-5H;4H,2-3H2,1H3;2*1H;/q2*-1;;;;+2/p-2. The molecule has 4 rings (SSSR count). The van der Waals surface area contributed by atoms with E-state index < -0.39 is 0 Å². The van der Waals surface area contributed by atoms with Crippen LogP contribution in [0.1, 0.15) is 77.1 Å². The summed E-state index contributed by atoms with van der Waals surface area (Å²) in [5, 5.41) is 0. The van der Waals surface area contributed by atoms with Gasteiger partial charge in [0.05, 0.1) is 0 Å². The van der Waals surface area contributed by atoms with Gasteiger partial charge < -0.3 is 24.8 Å². The van der Waals surface area contributed by atoms with E-state index in [0.29, 0.717) is 0 Å². The Morgan fingerprint density at radius 3 is 1.91 bits per heavy atom. The van der Waals surface area contributed by atoms with Crippen molar-refractivity contribution in [3.8, 4) is 11.1 Å². The maximum Gasteiger partial charge on any atom is -0.172 e. The SMILES string of the molecule is CC(C)(C)c1c[c-]c2c(c1)-c1cc(C(C)(C)C)ccc1C2.CCC[SiH]=[Zr+2].[Cl-].[Cl-].c1cc[cH-]c1. The first-order valence-electron chi connectivity index (χ1n) is 11.4. The molecule has 0 spiro atoms. The Morgan fingerprint density at radius 2 is 1.48 bits per heavy atom. The molecule has 0 radical (unpaired) electrons. The first kappa shape index (κ1) is 32.5. The minimum absolute atomic E-state index is 0. The van der Waals surface area contributed by atoms with Crippen molar-refractivity contribution in [1.82, 2.24) is 0 Å². The quantitative estimate of drug-likeness (QED) is 0.252. The summed E-state index contributed by atoms with van der Waals surface area (Å²) >= 11 is 1.77. The molecule has 1 aliphatic rings. The van der Waals surface area contributed by atoms with Crippen LogP contribution in [0.15, 0.2) is 60.7 Å². The van der Waals surface area contributed by atoms with E-state index in [0.717, 1.165) is 12.6 Å². The molecule has 3 aromatic rings. The molecule has 0 bridgehead atoms. The van der Waals surface area contributed by atoms with Crippen LogP contribution in [0.4, 0.5) is 0 Å². The van der Waals surface area contributed by atoms with Crippen molar-refractivity contribution in [2.24, 2.45) is 0 Å². The molecule has 0 amide bonds. The Morgan fingerprint density at radius 1 is 0.909 bits per heavy atom. The van der Waals surface area contributed by atoms with Gasteiger partial charge in [-0.3, -0.25) is 0 Å². The molecule has 0 nitrogen and oxygen atoms in total. The zero-order chi connectivity index (χ0) is 23.1. The molecule has 0 aromatic heterocycles. The second-order valence-corrected chi connectivity index (χ2v) is 14.3. The van der Waals surface area contributed by atoms with Crippen LogP contribution in [0.5, 0.6) is 0 Å². The van der Waals surface area contributed by atoms with E-state index in [9.17, 15) is 0 Å². The molecule has 0 aliphatic heterocycles. The molecule has 0 N–H and O–H groups in total. The molecular weight excluding hydrogens is 539 g/mol. The number of halogens is 2. The topological polar surface area (TPSA) is 0 Å². The average molecular weight is 577 g/mol. The van der Waals surface area contributed by atoms with Crippen LogP contribution in [-0.2, 0) is 40.6 Å². The molecule has 3 aromatic carbocycles. The molecule has 33 heavy (non-hydrogen) atoms. The van der Waals surface area contributed by atoms with Crippen molar-refractivity contribution in [1.29, 1.82) is 0 Å². The third-order valence-corrected chi connectivity index (χ3v) is 8.51. The fourth-order valence-electron chi connectivity index (χ4n) is 3.45. The number of fused-ring (bicyclic) bond motifs is 3. The van der Waals surface area contributed by atoms with Gasteiger partial charge in [0.15, 0.2) is 0 Å². The van der Waals surface area contributed by atoms with Crippen molar-refractivity contribution in [3.63, 3.8) is 0 Å². The van der Waals surface area contributed by atoms with Gasteiger partial charge in [0.2, 0.25) is 0 Å². The summed E-state index contributed by atoms with van der Waals surface area (Å²) in [7, 11) is 0. The summed E-state index contributed by atoms with van der Waals surface area (Å²) < 4.78 is 0. The zero-order valence-electron chi connectivity index (χ0n) is 21.2. The van der Waals surface area contributed by atoms with Crippen LogP contribution in [-0.4, -0.2) is 6.16 Å². The summed E-state index contributed by atoms with van der Waals surface area (Å²) in [6, 6.07) is 26.6. The van der Waals surface area contributed by atoms with Crippen LogP contribution >= 0.6 is 0 Å². The van der Waals surface area contributed by atoms with Crippen LogP contribution in [0, 0.1) is 6.07 Å². The molecule has 178 valence electrons. The van der Waals surface area contributed by atoms with Crippen molar-refractivity contribution in [2.45, 2.75) is 78.2 Å². The predicted octanol–water partition coefficient (Wildman–Crippen LogP) is 1.78. The molecule has 0 heterocycles. The van der Waals surface area contributed by atoms with E-state index in [-0.39, 0.29) is 35.6 Å². The van der Waals surface area contributed by atoms with E-state index in [1.165, 1.54) is 45.8 Å². The Hall–Kier alpha value is -0.530. The van der Waals surface area contributed by atoms with Gasteiger partial charge in [-0.25, -0.2) is 12.1 Å². The van der Waals surface area contributed by atoms with Gasteiger partial charge >= 0.3 is 48.9 Å². The van der Waals surface area contributed by atoms with Gasteiger partial charge in [0.1, 0.15) is 0 Å². The minimum Gasteiger partial charge on any atom is -1.00 e. The third kappa shape index (κ3) is 9.93. The van der Waals surface area contributed by atoms with Gasteiger partial charge in [-0.15, -0.1) is 5.56 Å². The van der Waals surface area contributed by atoms with Crippen molar-refractivity contribution < 1.29 is 48.1 Å². The van der Waals surface area contributed by atoms with Crippen molar-refractivity contribution in [2.75, 3.05) is 0 Å². The normalized spacial score (nSPS) is 11.3. The summed E-state index contributed by atoms with van der Waals surface area (Å²) in [5.74, 6) is 0. The van der Waals surface area contributed by atoms with Gasteiger partial charge in [-0.05, 0) is 17.4 Å². The maximum absolute atomic E-state index is 3.53. The molecule has 0 saturated carbocycles. The van der Waals surface area contributed by atoms with Gasteiger partial charge in [0, 0.05) is 0 Å². The second-order valence-electron chi connectivity index (χ2n) is 10.3. The molecular formula is C29H38Cl2SiZr-2. The van der Waals surface area contributed by atoms with Crippen LogP contribution in [0.2, 0.25) is 6.04 Å². The molecule has 1 aliphatic carbocycles. The summed E-state index contributed by atoms with van der Waals surface area (Å²) in [6.07, 6.45) is 3.31. The van der Waals surface area contributed by atoms with Gasteiger partial charge in [-0.2, -0.15) is 47.5 Å². The van der Waals surface area contributed by atoms with Crippen molar-refractivity contribution >= 4 is 6.16 Å². The molecule has 0 saturated heterocycles. The number of rotatable bonds is 2. The first-order chi connectivity index (χ1) is 14.6. The van der Waals surface area contributed by atoms with Crippen LogP contribution in [0.25, 0.3) is 11.1 Å². The minimum atomic E-state index is 0. The van der Waals surface area contributed by atoms with E-state index in [2.05, 4.69) is 84.9 Å². The average Bonchev–Trinajstić information content (AvgIpc) is 3.38. The Labute approximate surface area is 231 Å². The zero-order valence-corrected chi connectivity index (χ0v) is 26.4. The molecule has 0 fully saturated rings. The maximum atomic E-state index is 3.53. The fourth-order valence-corrected chi connectivity index (χ4v) is 5.87. The number of hydrogen-bond donors (Lipinski definition) is 0. The van der Waals surface area contributed by atoms with E-state index in [4.69, 9.17) is 0 Å². The Kier molecular flexibility index (Phi) is 14.5. The van der Waals surface area contributed by atoms with E-state index in [1.807, 2.05) is 30.3 Å². The van der Waals surface area contributed by atoms with E-state index >= 15 is 0 Å². The molecule has 0 atom stereocenters. The largest absolute Gasteiger partial charge is 1.00 e. The van der Waals surface area contributed by atoms with E-state index in [1.54, 1.807) is 23.3 Å². The molecule has 4 heteroatoms. The Balaban J connectivity index is 0.000000716.